The summed E-state index contributed by atoms with van der Waals surface area (Å²) in [6.07, 6.45) is 0.750. The second kappa shape index (κ2) is 16.6. The van der Waals surface area contributed by atoms with Crippen molar-refractivity contribution in [1.82, 2.24) is 0 Å². The third-order valence-corrected chi connectivity index (χ3v) is 0.820. The smallest absolute Gasteiger partial charge is 0.374 e. The molecule has 0 rings (SSSR count). The summed E-state index contributed by atoms with van der Waals surface area (Å²) in [6.45, 7) is 3.73. The highest BCUT2D eigenvalue weighted by atomic mass is 16.5. The number of Topliss-reactive ketones (excluding diaryl/α,β-unsaturated/α-hetero) is 2. The maximum atomic E-state index is 9.94. The molecule has 0 heterocycles. The number of hydrogen-bond donors (Lipinski definition) is 0. The molecule has 0 bridgehead atoms. The first-order valence-corrected chi connectivity index (χ1v) is 4.03. The highest BCUT2D eigenvalue weighted by Gasteiger charge is 2.03. The molecule has 0 unspecified atom stereocenters. The van der Waals surface area contributed by atoms with Gasteiger partial charge in [0.1, 0.15) is 12.0 Å². The highest BCUT2D eigenvalue weighted by Crippen LogP contribution is 1.71. The van der Waals surface area contributed by atoms with Crippen LogP contribution in [0.2, 0.25) is 0 Å². The molecule has 0 aromatic rings. The Morgan fingerprint density at radius 3 is 1.29 bits per heavy atom. The Hall–Kier alpha value is -1.79. The molecular weight excluding hydrogens is 227 g/mol. The van der Waals surface area contributed by atoms with E-state index in [0.717, 1.165) is 20.1 Å². The molecule has 0 saturated heterocycles. The molecule has 0 aromatic carbocycles. The second-order valence-corrected chi connectivity index (χ2v) is 2.20. The lowest BCUT2D eigenvalue weighted by molar-refractivity contribution is -0.150. The Bertz CT molecular complexity index is 260. The normalized spacial score (nSPS) is 6.59. The standard InChI is InChI=1S/C4H6O3.C3H3BO2.C2H4O.CH4/c1-3(5)4(6)7-2;1-2(5)3(4)6;1-2-3;/h1-2H3;1H3;2H,1H3;1H4. The minimum atomic E-state index is -0.880. The van der Waals surface area contributed by atoms with Crippen LogP contribution in [0.3, 0.4) is 0 Å². The molecule has 0 atom stereocenters. The lowest BCUT2D eigenvalue weighted by Crippen LogP contribution is -2.10. The van der Waals surface area contributed by atoms with E-state index < -0.39 is 23.2 Å². The molecule has 2 radical (unpaired) electrons. The summed E-state index contributed by atoms with van der Waals surface area (Å²) in [5, 5.41) is 0. The monoisotopic (exact) mass is 244 g/mol. The van der Waals surface area contributed by atoms with Crippen LogP contribution < -0.4 is 0 Å². The van der Waals surface area contributed by atoms with Crippen LogP contribution in [0.25, 0.3) is 0 Å². The van der Waals surface area contributed by atoms with E-state index >= 15 is 0 Å². The highest BCUT2D eigenvalue weighted by molar-refractivity contribution is 6.76. The van der Waals surface area contributed by atoms with Gasteiger partial charge in [-0.25, -0.2) is 4.79 Å². The van der Waals surface area contributed by atoms with Crippen LogP contribution in [0.1, 0.15) is 28.2 Å². The molecule has 0 aromatic heterocycles. The molecule has 0 spiro atoms. The number of ketones is 2. The zero-order chi connectivity index (χ0) is 13.7. The van der Waals surface area contributed by atoms with Crippen LogP contribution in [-0.2, 0) is 28.7 Å². The van der Waals surface area contributed by atoms with Crippen LogP contribution in [0.15, 0.2) is 0 Å². The number of rotatable bonds is 2. The van der Waals surface area contributed by atoms with Crippen molar-refractivity contribution in [3.05, 3.63) is 0 Å². The zero-order valence-electron chi connectivity index (χ0n) is 9.60. The minimum Gasteiger partial charge on any atom is -0.463 e. The average molecular weight is 244 g/mol. The van der Waals surface area contributed by atoms with Crippen molar-refractivity contribution in [2.75, 3.05) is 7.11 Å². The Morgan fingerprint density at radius 1 is 1.06 bits per heavy atom. The summed E-state index contributed by atoms with van der Waals surface area (Å²) in [5.41, 5.74) is -0.880. The molecule has 0 aliphatic heterocycles. The summed E-state index contributed by atoms with van der Waals surface area (Å²) in [4.78, 5) is 47.9. The largest absolute Gasteiger partial charge is 0.463 e. The molecule has 0 amide bonds. The number of esters is 1. The fourth-order valence-corrected chi connectivity index (χ4v) is 0.144. The van der Waals surface area contributed by atoms with Gasteiger partial charge in [0.05, 0.1) is 7.11 Å². The number of hydrogen-bond acceptors (Lipinski definition) is 6. The Kier molecular flexibility index (Phi) is 23.9. The van der Waals surface area contributed by atoms with Crippen LogP contribution >= 0.6 is 0 Å². The van der Waals surface area contributed by atoms with Gasteiger partial charge in [0.2, 0.25) is 5.78 Å². The van der Waals surface area contributed by atoms with Crippen molar-refractivity contribution >= 4 is 37.4 Å². The maximum Gasteiger partial charge on any atom is 0.374 e. The third-order valence-electron chi connectivity index (χ3n) is 0.820. The molecular formula is C10H17BO6. The number of carbonyl (C=O) groups excluding carboxylic acids is 5. The third kappa shape index (κ3) is 31.4. The van der Waals surface area contributed by atoms with Crippen molar-refractivity contribution in [3.8, 4) is 0 Å². The molecule has 0 saturated carbocycles. The topological polar surface area (TPSA) is 94.6 Å². The average Bonchev–Trinajstić information content (AvgIpc) is 2.18. The van der Waals surface area contributed by atoms with E-state index in [1.54, 1.807) is 0 Å². The first kappa shape index (κ1) is 24.4. The van der Waals surface area contributed by atoms with Gasteiger partial charge in [-0.15, -0.1) is 0 Å². The predicted octanol–water partition coefficient (Wildman–Crippen LogP) is -0.140. The van der Waals surface area contributed by atoms with Crippen LogP contribution in [0, 0.1) is 0 Å². The number of carbonyl (C=O) groups is 5. The van der Waals surface area contributed by atoms with Gasteiger partial charge >= 0.3 is 5.97 Å². The predicted molar refractivity (Wildman–Crippen MR) is 62.6 cm³/mol. The van der Waals surface area contributed by atoms with Crippen molar-refractivity contribution < 1.29 is 28.7 Å². The fourth-order valence-electron chi connectivity index (χ4n) is 0.144. The Balaban J connectivity index is -0.0000000778. The summed E-state index contributed by atoms with van der Waals surface area (Å²) >= 11 is 0. The Morgan fingerprint density at radius 2 is 1.29 bits per heavy atom. The van der Waals surface area contributed by atoms with Crippen LogP contribution in [0.5, 0.6) is 0 Å². The first-order valence-electron chi connectivity index (χ1n) is 4.03. The van der Waals surface area contributed by atoms with E-state index in [4.69, 9.17) is 4.79 Å². The SMILES string of the molecule is C.CC=O.COC(=O)C(C)=O.[B]C(=O)C(C)=O. The van der Waals surface area contributed by atoms with Gasteiger partial charge < -0.3 is 14.3 Å². The lowest BCUT2D eigenvalue weighted by Gasteiger charge is -1.86. The van der Waals surface area contributed by atoms with Gasteiger partial charge in [0, 0.05) is 13.8 Å². The summed E-state index contributed by atoms with van der Waals surface area (Å²) < 4.78 is 4.02. The molecule has 0 N–H and O–H groups in total. The van der Waals surface area contributed by atoms with Crippen molar-refractivity contribution in [2.24, 2.45) is 0 Å². The van der Waals surface area contributed by atoms with Crippen LogP contribution in [0.4, 0.5) is 0 Å². The van der Waals surface area contributed by atoms with Gasteiger partial charge in [-0.2, -0.15) is 0 Å². The molecule has 96 valence electrons. The molecule has 0 aliphatic carbocycles. The van der Waals surface area contributed by atoms with E-state index in [-0.39, 0.29) is 7.43 Å². The van der Waals surface area contributed by atoms with E-state index in [2.05, 4.69) is 12.6 Å². The summed E-state index contributed by atoms with van der Waals surface area (Å²) in [5.74, 6) is -1.96. The quantitative estimate of drug-likeness (QED) is 0.290. The van der Waals surface area contributed by atoms with E-state index in [1.165, 1.54) is 14.0 Å². The molecule has 0 fully saturated rings. The van der Waals surface area contributed by atoms with Crippen LogP contribution in [-0.4, -0.2) is 44.5 Å². The first-order chi connectivity index (χ1) is 7.24. The summed E-state index contributed by atoms with van der Waals surface area (Å²) in [7, 11) is 5.62. The summed E-state index contributed by atoms with van der Waals surface area (Å²) in [6, 6.07) is 0. The number of methoxy groups -OCH3 is 1. The van der Waals surface area contributed by atoms with Gasteiger partial charge in [-0.1, -0.05) is 7.43 Å². The van der Waals surface area contributed by atoms with Gasteiger partial charge in [0.25, 0.3) is 0 Å². The number of aldehydes is 1. The molecule has 6 nitrogen and oxygen atoms in total. The van der Waals surface area contributed by atoms with Crippen molar-refractivity contribution in [3.63, 3.8) is 0 Å². The van der Waals surface area contributed by atoms with E-state index in [1.807, 2.05) is 0 Å². The van der Waals surface area contributed by atoms with Crippen molar-refractivity contribution in [2.45, 2.75) is 28.2 Å². The fraction of sp³-hybridized carbons (Fsp3) is 0.500. The van der Waals surface area contributed by atoms with E-state index in [9.17, 15) is 19.2 Å². The Labute approximate surface area is 102 Å². The zero-order valence-corrected chi connectivity index (χ0v) is 9.60. The van der Waals surface area contributed by atoms with Gasteiger partial charge in [0.15, 0.2) is 13.6 Å². The maximum absolute atomic E-state index is 9.94. The number of ether oxygens (including phenoxy) is 1. The second-order valence-electron chi connectivity index (χ2n) is 2.20. The minimum absolute atomic E-state index is 0. The van der Waals surface area contributed by atoms with Gasteiger partial charge in [-0.05, 0) is 6.92 Å². The molecule has 7 heteroatoms. The lowest BCUT2D eigenvalue weighted by atomic mass is 10.00. The van der Waals surface area contributed by atoms with Gasteiger partial charge in [-0.3, -0.25) is 9.59 Å². The van der Waals surface area contributed by atoms with Crippen molar-refractivity contribution in [1.29, 1.82) is 0 Å². The molecule has 17 heavy (non-hydrogen) atoms. The van der Waals surface area contributed by atoms with E-state index in [0.29, 0.717) is 0 Å². The molecule has 0 aliphatic rings.